The van der Waals surface area contributed by atoms with Gasteiger partial charge in [0.15, 0.2) is 0 Å². The van der Waals surface area contributed by atoms with E-state index >= 15 is 0 Å². The van der Waals surface area contributed by atoms with Crippen LogP contribution in [0.15, 0.2) is 16.3 Å². The first-order valence-electron chi connectivity index (χ1n) is 6.71. The minimum Gasteiger partial charge on any atom is -0.312 e. The molecule has 1 heterocycles. The summed E-state index contributed by atoms with van der Waals surface area (Å²) in [4.78, 5) is 1.06. The third-order valence-corrected chi connectivity index (χ3v) is 6.20. The molecule has 1 aromatic rings. The van der Waals surface area contributed by atoms with E-state index < -0.39 is 10.0 Å². The molecular weight excluding hydrogens is 280 g/mol. The predicted octanol–water partition coefficient (Wildman–Crippen LogP) is 2.52. The van der Waals surface area contributed by atoms with Crippen molar-refractivity contribution in [2.75, 3.05) is 19.6 Å². The minimum atomic E-state index is -3.33. The van der Waals surface area contributed by atoms with Crippen molar-refractivity contribution in [2.45, 2.75) is 38.4 Å². The van der Waals surface area contributed by atoms with Crippen LogP contribution in [0.3, 0.4) is 0 Å². The lowest BCUT2D eigenvalue weighted by atomic mass is 10.2. The van der Waals surface area contributed by atoms with Gasteiger partial charge in [-0.05, 0) is 24.6 Å². The number of sulfonamides is 1. The van der Waals surface area contributed by atoms with E-state index in [-0.39, 0.29) is 0 Å². The molecule has 0 atom stereocenters. The molecule has 0 aliphatic heterocycles. The van der Waals surface area contributed by atoms with Gasteiger partial charge in [-0.25, -0.2) is 8.42 Å². The van der Waals surface area contributed by atoms with E-state index in [9.17, 15) is 8.42 Å². The maximum Gasteiger partial charge on any atom is 0.252 e. The Morgan fingerprint density at radius 1 is 1.32 bits per heavy atom. The summed E-state index contributed by atoms with van der Waals surface area (Å²) in [5, 5.41) is 3.21. The number of thiophene rings is 1. The molecule has 0 unspecified atom stereocenters. The molecule has 0 fully saturated rings. The smallest absolute Gasteiger partial charge is 0.252 e. The second-order valence-corrected chi connectivity index (χ2v) is 8.18. The van der Waals surface area contributed by atoms with Crippen molar-refractivity contribution >= 4 is 21.4 Å². The molecule has 0 radical (unpaired) electrons. The molecule has 0 spiro atoms. The number of rotatable bonds is 8. The summed E-state index contributed by atoms with van der Waals surface area (Å²) in [5.41, 5.74) is 0. The first-order chi connectivity index (χ1) is 8.91. The van der Waals surface area contributed by atoms with Gasteiger partial charge in [-0.1, -0.05) is 27.7 Å². The lowest BCUT2D eigenvalue weighted by Crippen LogP contribution is -2.33. The summed E-state index contributed by atoms with van der Waals surface area (Å²) < 4.78 is 27.0. The Bertz CT molecular complexity index is 481. The standard InChI is InChI=1S/C13H24N2O2S2/c1-5-14-9-12-7-8-13(18-12)19(16,17)15(6-2)10-11(3)4/h7-8,11,14H,5-6,9-10H2,1-4H3. The van der Waals surface area contributed by atoms with Crippen LogP contribution >= 0.6 is 11.3 Å². The highest BCUT2D eigenvalue weighted by molar-refractivity contribution is 7.91. The molecule has 6 heteroatoms. The monoisotopic (exact) mass is 304 g/mol. The maximum absolute atomic E-state index is 12.5. The van der Waals surface area contributed by atoms with Gasteiger partial charge in [-0.15, -0.1) is 11.3 Å². The van der Waals surface area contributed by atoms with Gasteiger partial charge < -0.3 is 5.32 Å². The van der Waals surface area contributed by atoms with Crippen LogP contribution < -0.4 is 5.32 Å². The van der Waals surface area contributed by atoms with Gasteiger partial charge in [-0.3, -0.25) is 0 Å². The predicted molar refractivity (Wildman–Crippen MR) is 81.0 cm³/mol. The zero-order valence-electron chi connectivity index (χ0n) is 12.1. The van der Waals surface area contributed by atoms with Gasteiger partial charge >= 0.3 is 0 Å². The molecule has 0 aromatic carbocycles. The molecule has 1 rings (SSSR count). The van der Waals surface area contributed by atoms with E-state index in [0.717, 1.165) is 18.0 Å². The summed E-state index contributed by atoms with van der Waals surface area (Å²) >= 11 is 1.36. The molecule has 0 aliphatic rings. The van der Waals surface area contributed by atoms with E-state index in [1.165, 1.54) is 11.3 Å². The van der Waals surface area contributed by atoms with Gasteiger partial charge in [0.1, 0.15) is 4.21 Å². The Hall–Kier alpha value is -0.430. The second-order valence-electron chi connectivity index (χ2n) is 4.85. The third kappa shape index (κ3) is 4.56. The molecule has 4 nitrogen and oxygen atoms in total. The Morgan fingerprint density at radius 3 is 2.53 bits per heavy atom. The molecule has 0 amide bonds. The summed E-state index contributed by atoms with van der Waals surface area (Å²) in [7, 11) is -3.33. The first-order valence-corrected chi connectivity index (χ1v) is 8.97. The zero-order chi connectivity index (χ0) is 14.5. The Labute approximate surface area is 120 Å². The zero-order valence-corrected chi connectivity index (χ0v) is 13.8. The summed E-state index contributed by atoms with van der Waals surface area (Å²) in [6.07, 6.45) is 0. The van der Waals surface area contributed by atoms with Crippen molar-refractivity contribution in [1.82, 2.24) is 9.62 Å². The largest absolute Gasteiger partial charge is 0.312 e. The fraction of sp³-hybridized carbons (Fsp3) is 0.692. The van der Waals surface area contributed by atoms with Crippen LogP contribution in [0.4, 0.5) is 0 Å². The van der Waals surface area contributed by atoms with Gasteiger partial charge in [-0.2, -0.15) is 4.31 Å². The molecule has 1 aromatic heterocycles. The van der Waals surface area contributed by atoms with Crippen molar-refractivity contribution in [3.05, 3.63) is 17.0 Å². The summed E-state index contributed by atoms with van der Waals surface area (Å²) in [6, 6.07) is 3.61. The van der Waals surface area contributed by atoms with Gasteiger partial charge in [0.05, 0.1) is 0 Å². The molecule has 0 saturated heterocycles. The van der Waals surface area contributed by atoms with Crippen molar-refractivity contribution in [1.29, 1.82) is 0 Å². The van der Waals surface area contributed by atoms with Crippen LogP contribution in [0.25, 0.3) is 0 Å². The van der Waals surface area contributed by atoms with Gasteiger partial charge in [0, 0.05) is 24.5 Å². The van der Waals surface area contributed by atoms with Crippen LogP contribution in [-0.4, -0.2) is 32.4 Å². The molecular formula is C13H24N2O2S2. The average Bonchev–Trinajstić information content (AvgIpc) is 2.82. The number of hydrogen-bond donors (Lipinski definition) is 1. The lowest BCUT2D eigenvalue weighted by molar-refractivity contribution is 0.382. The Balaban J connectivity index is 2.89. The molecule has 1 N–H and O–H groups in total. The van der Waals surface area contributed by atoms with Crippen LogP contribution in [0, 0.1) is 5.92 Å². The van der Waals surface area contributed by atoms with Gasteiger partial charge in [0.2, 0.25) is 0 Å². The van der Waals surface area contributed by atoms with Crippen LogP contribution in [-0.2, 0) is 16.6 Å². The van der Waals surface area contributed by atoms with Crippen molar-refractivity contribution in [3.8, 4) is 0 Å². The molecule has 19 heavy (non-hydrogen) atoms. The third-order valence-electron chi connectivity index (χ3n) is 2.70. The van der Waals surface area contributed by atoms with Crippen molar-refractivity contribution < 1.29 is 8.42 Å². The minimum absolute atomic E-state index is 0.330. The average molecular weight is 304 g/mol. The quantitative estimate of drug-likeness (QED) is 0.803. The highest BCUT2D eigenvalue weighted by atomic mass is 32.2. The number of nitrogens with zero attached hydrogens (tertiary/aromatic N) is 1. The highest BCUT2D eigenvalue weighted by Gasteiger charge is 2.25. The lowest BCUT2D eigenvalue weighted by Gasteiger charge is -2.21. The van der Waals surface area contributed by atoms with E-state index in [0.29, 0.717) is 23.2 Å². The Kier molecular flexibility index (Phi) is 6.46. The van der Waals surface area contributed by atoms with Crippen LogP contribution in [0.2, 0.25) is 0 Å². The first kappa shape index (κ1) is 16.6. The van der Waals surface area contributed by atoms with E-state index in [4.69, 9.17) is 0 Å². The second kappa shape index (κ2) is 7.38. The number of hydrogen-bond acceptors (Lipinski definition) is 4. The van der Waals surface area contributed by atoms with E-state index in [2.05, 4.69) is 5.32 Å². The SMILES string of the molecule is CCNCc1ccc(S(=O)(=O)N(CC)CC(C)C)s1. The Morgan fingerprint density at radius 2 is 2.00 bits per heavy atom. The fourth-order valence-electron chi connectivity index (χ4n) is 1.77. The normalized spacial score (nSPS) is 12.5. The van der Waals surface area contributed by atoms with E-state index in [1.54, 1.807) is 10.4 Å². The topological polar surface area (TPSA) is 49.4 Å². The highest BCUT2D eigenvalue weighted by Crippen LogP contribution is 2.25. The van der Waals surface area contributed by atoms with Gasteiger partial charge in [0.25, 0.3) is 10.0 Å². The fourth-order valence-corrected chi connectivity index (χ4v) is 4.86. The molecule has 0 saturated carbocycles. The summed E-state index contributed by atoms with van der Waals surface area (Å²) in [6.45, 7) is 10.7. The van der Waals surface area contributed by atoms with Crippen LogP contribution in [0.5, 0.6) is 0 Å². The van der Waals surface area contributed by atoms with Crippen molar-refractivity contribution in [3.63, 3.8) is 0 Å². The molecule has 0 aliphatic carbocycles. The maximum atomic E-state index is 12.5. The summed E-state index contributed by atoms with van der Waals surface area (Å²) in [5.74, 6) is 0.330. The molecule has 0 bridgehead atoms. The van der Waals surface area contributed by atoms with Crippen molar-refractivity contribution in [2.24, 2.45) is 5.92 Å². The number of nitrogens with one attached hydrogen (secondary N) is 1. The van der Waals surface area contributed by atoms with Crippen LogP contribution in [0.1, 0.15) is 32.6 Å². The van der Waals surface area contributed by atoms with E-state index in [1.807, 2.05) is 33.8 Å². The molecule has 110 valence electrons.